The summed E-state index contributed by atoms with van der Waals surface area (Å²) in [5.41, 5.74) is 0.205. The van der Waals surface area contributed by atoms with Crippen molar-refractivity contribution in [2.45, 2.75) is 18.6 Å². The number of Topliss-reactive ketones (excluding diaryl/α,β-unsaturated/α-hetero) is 1. The molecule has 5 heteroatoms. The normalized spacial score (nSPS) is 18.2. The Morgan fingerprint density at radius 3 is 2.29 bits per heavy atom. The van der Waals surface area contributed by atoms with E-state index >= 15 is 0 Å². The van der Waals surface area contributed by atoms with Crippen molar-refractivity contribution in [3.8, 4) is 0 Å². The minimum atomic E-state index is -1.93. The van der Waals surface area contributed by atoms with Crippen LogP contribution in [-0.4, -0.2) is 16.8 Å². The first kappa shape index (κ1) is 18.1. The highest BCUT2D eigenvalue weighted by Crippen LogP contribution is 2.43. The van der Waals surface area contributed by atoms with Crippen LogP contribution in [0.1, 0.15) is 27.9 Å². The van der Waals surface area contributed by atoms with Gasteiger partial charge >= 0.3 is 0 Å². The fourth-order valence-electron chi connectivity index (χ4n) is 3.57. The molecule has 3 aromatic rings. The molecule has 0 spiro atoms. The average Bonchev–Trinajstić information content (AvgIpc) is 2.92. The van der Waals surface area contributed by atoms with Crippen molar-refractivity contribution in [3.05, 3.63) is 101 Å². The highest BCUT2D eigenvalue weighted by Gasteiger charge is 2.50. The molecular weight excluding hydrogens is 357 g/mol. The van der Waals surface area contributed by atoms with Gasteiger partial charge in [0.2, 0.25) is 0 Å². The van der Waals surface area contributed by atoms with E-state index in [-0.39, 0.29) is 24.6 Å². The zero-order valence-electron chi connectivity index (χ0n) is 15.0. The number of anilines is 1. The van der Waals surface area contributed by atoms with Crippen molar-refractivity contribution in [2.75, 3.05) is 4.90 Å². The van der Waals surface area contributed by atoms with Gasteiger partial charge in [-0.15, -0.1) is 0 Å². The van der Waals surface area contributed by atoms with Crippen molar-refractivity contribution < 1.29 is 19.1 Å². The summed E-state index contributed by atoms with van der Waals surface area (Å²) in [5, 5.41) is 11.3. The van der Waals surface area contributed by atoms with Gasteiger partial charge in [0.1, 0.15) is 5.82 Å². The molecule has 1 atom stereocenters. The molecule has 0 saturated carbocycles. The minimum absolute atomic E-state index is 0.179. The molecule has 4 rings (SSSR count). The second kappa shape index (κ2) is 7.02. The van der Waals surface area contributed by atoms with Crippen LogP contribution in [0.2, 0.25) is 0 Å². The highest BCUT2D eigenvalue weighted by molar-refractivity contribution is 6.10. The molecule has 4 nitrogen and oxygen atoms in total. The van der Waals surface area contributed by atoms with Gasteiger partial charge in [0.15, 0.2) is 11.4 Å². The molecule has 0 saturated heterocycles. The van der Waals surface area contributed by atoms with E-state index < -0.39 is 11.5 Å². The van der Waals surface area contributed by atoms with Gasteiger partial charge in [-0.3, -0.25) is 9.59 Å². The Labute approximate surface area is 161 Å². The quantitative estimate of drug-likeness (QED) is 0.690. The van der Waals surface area contributed by atoms with Crippen molar-refractivity contribution >= 4 is 17.4 Å². The number of hydrogen-bond acceptors (Lipinski definition) is 3. The van der Waals surface area contributed by atoms with E-state index in [0.717, 1.165) is 5.56 Å². The summed E-state index contributed by atoms with van der Waals surface area (Å²) < 4.78 is 13.2. The van der Waals surface area contributed by atoms with E-state index in [1.807, 2.05) is 0 Å². The summed E-state index contributed by atoms with van der Waals surface area (Å²) in [5.74, 6) is -1.22. The first-order chi connectivity index (χ1) is 13.5. The van der Waals surface area contributed by atoms with E-state index in [1.54, 1.807) is 66.7 Å². The third-order valence-electron chi connectivity index (χ3n) is 5.01. The lowest BCUT2D eigenvalue weighted by atomic mass is 9.88. The van der Waals surface area contributed by atoms with Crippen LogP contribution in [0, 0.1) is 5.82 Å². The van der Waals surface area contributed by atoms with Crippen LogP contribution in [0.5, 0.6) is 0 Å². The maximum Gasteiger partial charge on any atom is 0.264 e. The number of carbonyl (C=O) groups is 2. The molecular formula is C23H18FNO3. The van der Waals surface area contributed by atoms with Gasteiger partial charge in [-0.1, -0.05) is 60.7 Å². The second-order valence-corrected chi connectivity index (χ2v) is 6.86. The Morgan fingerprint density at radius 1 is 0.929 bits per heavy atom. The number of hydrogen-bond donors (Lipinski definition) is 1. The number of benzene rings is 3. The lowest BCUT2D eigenvalue weighted by Crippen LogP contribution is -2.41. The van der Waals surface area contributed by atoms with Gasteiger partial charge in [-0.2, -0.15) is 0 Å². The van der Waals surface area contributed by atoms with E-state index in [2.05, 4.69) is 0 Å². The van der Waals surface area contributed by atoms with Gasteiger partial charge < -0.3 is 10.0 Å². The molecule has 28 heavy (non-hydrogen) atoms. The van der Waals surface area contributed by atoms with Gasteiger partial charge in [0, 0.05) is 11.1 Å². The third-order valence-corrected chi connectivity index (χ3v) is 5.01. The molecule has 1 unspecified atom stereocenters. The molecule has 0 fully saturated rings. The first-order valence-electron chi connectivity index (χ1n) is 8.95. The summed E-state index contributed by atoms with van der Waals surface area (Å²) in [6, 6.07) is 21.3. The van der Waals surface area contributed by atoms with Gasteiger partial charge in [0.25, 0.3) is 5.91 Å². The first-order valence-corrected chi connectivity index (χ1v) is 8.95. The van der Waals surface area contributed by atoms with Crippen molar-refractivity contribution in [2.24, 2.45) is 0 Å². The van der Waals surface area contributed by atoms with Crippen LogP contribution in [0.15, 0.2) is 78.9 Å². The molecule has 0 bridgehead atoms. The Kier molecular flexibility index (Phi) is 4.53. The van der Waals surface area contributed by atoms with Crippen molar-refractivity contribution in [1.29, 1.82) is 0 Å². The van der Waals surface area contributed by atoms with E-state index in [0.29, 0.717) is 16.8 Å². The van der Waals surface area contributed by atoms with E-state index in [4.69, 9.17) is 0 Å². The van der Waals surface area contributed by atoms with Gasteiger partial charge in [-0.25, -0.2) is 4.39 Å². The number of carbonyl (C=O) groups excluding carboxylic acids is 2. The average molecular weight is 375 g/mol. The van der Waals surface area contributed by atoms with Crippen LogP contribution < -0.4 is 4.90 Å². The minimum Gasteiger partial charge on any atom is -0.375 e. The van der Waals surface area contributed by atoms with Crippen LogP contribution in [0.4, 0.5) is 10.1 Å². The number of fused-ring (bicyclic) bond motifs is 1. The van der Waals surface area contributed by atoms with Crippen LogP contribution >= 0.6 is 0 Å². The number of amides is 1. The van der Waals surface area contributed by atoms with Crippen molar-refractivity contribution in [1.82, 2.24) is 0 Å². The fourth-order valence-corrected chi connectivity index (χ4v) is 3.57. The number of para-hydroxylation sites is 1. The van der Waals surface area contributed by atoms with Crippen LogP contribution in [0.25, 0.3) is 0 Å². The molecule has 0 aliphatic carbocycles. The van der Waals surface area contributed by atoms with Crippen LogP contribution in [0.3, 0.4) is 0 Å². The molecule has 1 N–H and O–H groups in total. The maximum absolute atomic E-state index is 13.2. The smallest absolute Gasteiger partial charge is 0.264 e. The standard InChI is InChI=1S/C23H18FNO3/c24-18-12-10-16(11-13-18)15-25-20-9-5-4-8-19(20)23(28,22(25)27)14-21(26)17-6-2-1-3-7-17/h1-13,28H,14-15H2. The molecule has 0 radical (unpaired) electrons. The zero-order chi connectivity index (χ0) is 19.7. The van der Waals surface area contributed by atoms with Gasteiger partial charge in [0.05, 0.1) is 18.7 Å². The number of halogens is 1. The molecule has 1 aliphatic heterocycles. The lowest BCUT2D eigenvalue weighted by molar-refractivity contribution is -0.136. The lowest BCUT2D eigenvalue weighted by Gasteiger charge is -2.23. The molecule has 1 amide bonds. The van der Waals surface area contributed by atoms with Crippen molar-refractivity contribution in [3.63, 3.8) is 0 Å². The highest BCUT2D eigenvalue weighted by atomic mass is 19.1. The molecule has 1 heterocycles. The zero-order valence-corrected chi connectivity index (χ0v) is 15.0. The largest absolute Gasteiger partial charge is 0.375 e. The number of aliphatic hydroxyl groups is 1. The predicted molar refractivity (Wildman–Crippen MR) is 103 cm³/mol. The third kappa shape index (κ3) is 3.10. The Balaban J connectivity index is 1.68. The number of ketones is 1. The second-order valence-electron chi connectivity index (χ2n) is 6.86. The summed E-state index contributed by atoms with van der Waals surface area (Å²) >= 11 is 0. The monoisotopic (exact) mass is 375 g/mol. The topological polar surface area (TPSA) is 57.6 Å². The summed E-state index contributed by atoms with van der Waals surface area (Å²) in [7, 11) is 0. The fraction of sp³-hybridized carbons (Fsp3) is 0.130. The van der Waals surface area contributed by atoms with Gasteiger partial charge in [-0.05, 0) is 23.8 Å². The Hall–Kier alpha value is -3.31. The molecule has 140 valence electrons. The number of rotatable bonds is 5. The summed E-state index contributed by atoms with van der Waals surface area (Å²) in [6.07, 6.45) is -0.340. The Morgan fingerprint density at radius 2 is 1.57 bits per heavy atom. The Bertz CT molecular complexity index is 1030. The summed E-state index contributed by atoms with van der Waals surface area (Å²) in [6.45, 7) is 0.179. The molecule has 1 aliphatic rings. The van der Waals surface area contributed by atoms with E-state index in [1.165, 1.54) is 17.0 Å². The van der Waals surface area contributed by atoms with Crippen LogP contribution in [-0.2, 0) is 16.9 Å². The summed E-state index contributed by atoms with van der Waals surface area (Å²) in [4.78, 5) is 27.3. The maximum atomic E-state index is 13.2. The predicted octanol–water partition coefficient (Wildman–Crippen LogP) is 3.83. The molecule has 0 aromatic heterocycles. The molecule has 3 aromatic carbocycles. The number of nitrogens with zero attached hydrogens (tertiary/aromatic N) is 1. The van der Waals surface area contributed by atoms with E-state index in [9.17, 15) is 19.1 Å². The SMILES string of the molecule is O=C(CC1(O)C(=O)N(Cc2ccc(F)cc2)c2ccccc21)c1ccccc1.